The number of nitrogens with zero attached hydrogens (tertiary/aromatic N) is 1. The van der Waals surface area contributed by atoms with Crippen LogP contribution < -0.4 is 11.1 Å². The van der Waals surface area contributed by atoms with Crippen molar-refractivity contribution in [2.75, 3.05) is 25.5 Å². The van der Waals surface area contributed by atoms with Crippen LogP contribution in [0.5, 0.6) is 0 Å². The van der Waals surface area contributed by atoms with Gasteiger partial charge in [0, 0.05) is 33.0 Å². The van der Waals surface area contributed by atoms with Crippen molar-refractivity contribution in [3.05, 3.63) is 18.0 Å². The lowest BCUT2D eigenvalue weighted by Crippen LogP contribution is -2.27. The highest BCUT2D eigenvalue weighted by atomic mass is 16.5. The van der Waals surface area contributed by atoms with Gasteiger partial charge in [-0.1, -0.05) is 13.8 Å². The average molecular weight is 253 g/mol. The van der Waals surface area contributed by atoms with Gasteiger partial charge in [0.1, 0.15) is 5.69 Å². The van der Waals surface area contributed by atoms with Crippen LogP contribution in [0.3, 0.4) is 0 Å². The van der Waals surface area contributed by atoms with Crippen molar-refractivity contribution in [2.45, 2.75) is 20.3 Å². The van der Waals surface area contributed by atoms with Crippen LogP contribution in [0.15, 0.2) is 12.3 Å². The maximum absolute atomic E-state index is 11.8. The summed E-state index contributed by atoms with van der Waals surface area (Å²) in [6, 6.07) is 1.67. The number of rotatable bonds is 7. The molecular weight excluding hydrogens is 230 g/mol. The summed E-state index contributed by atoms with van der Waals surface area (Å²) in [4.78, 5) is 11.8. The number of carbonyl (C=O) groups is 1. The Bertz CT molecular complexity index is 386. The monoisotopic (exact) mass is 253 g/mol. The van der Waals surface area contributed by atoms with Gasteiger partial charge in [0.15, 0.2) is 0 Å². The van der Waals surface area contributed by atoms with Crippen molar-refractivity contribution in [2.24, 2.45) is 13.0 Å². The molecule has 5 nitrogen and oxygen atoms in total. The molecule has 0 saturated carbocycles. The van der Waals surface area contributed by atoms with Crippen LogP contribution in [0.25, 0.3) is 0 Å². The van der Waals surface area contributed by atoms with E-state index in [1.807, 2.05) is 0 Å². The van der Waals surface area contributed by atoms with E-state index < -0.39 is 0 Å². The Hall–Kier alpha value is -1.49. The summed E-state index contributed by atoms with van der Waals surface area (Å²) >= 11 is 0. The van der Waals surface area contributed by atoms with Crippen molar-refractivity contribution in [1.29, 1.82) is 0 Å². The van der Waals surface area contributed by atoms with E-state index in [-0.39, 0.29) is 5.91 Å². The number of nitrogen functional groups attached to an aromatic ring is 1. The van der Waals surface area contributed by atoms with E-state index in [0.717, 1.165) is 13.0 Å². The van der Waals surface area contributed by atoms with Crippen LogP contribution in [0, 0.1) is 5.92 Å². The van der Waals surface area contributed by atoms with E-state index in [9.17, 15) is 4.79 Å². The maximum atomic E-state index is 11.8. The van der Waals surface area contributed by atoms with Crippen molar-refractivity contribution >= 4 is 11.6 Å². The molecule has 0 bridgehead atoms. The molecule has 0 radical (unpaired) electrons. The van der Waals surface area contributed by atoms with E-state index in [0.29, 0.717) is 30.5 Å². The van der Waals surface area contributed by atoms with Crippen molar-refractivity contribution in [3.63, 3.8) is 0 Å². The number of hydrogen-bond donors (Lipinski definition) is 2. The minimum atomic E-state index is -0.0990. The first-order valence-electron chi connectivity index (χ1n) is 6.28. The standard InChI is InChI=1S/C13H23N3O2/c1-10(2)9-18-6-4-5-15-13(17)12-7-11(14)8-16(12)3/h7-8,10H,4-6,9,14H2,1-3H3,(H,15,17). The van der Waals surface area contributed by atoms with Gasteiger partial charge >= 0.3 is 0 Å². The van der Waals surface area contributed by atoms with E-state index in [1.165, 1.54) is 0 Å². The molecule has 0 aliphatic heterocycles. The number of nitrogens with one attached hydrogen (secondary N) is 1. The zero-order valence-corrected chi connectivity index (χ0v) is 11.4. The van der Waals surface area contributed by atoms with Crippen molar-refractivity contribution < 1.29 is 9.53 Å². The Labute approximate surface area is 108 Å². The first-order chi connectivity index (χ1) is 8.50. The van der Waals surface area contributed by atoms with Crippen LogP contribution >= 0.6 is 0 Å². The number of amides is 1. The average Bonchev–Trinajstić information content (AvgIpc) is 2.62. The lowest BCUT2D eigenvalue weighted by molar-refractivity contribution is 0.0918. The number of anilines is 1. The van der Waals surface area contributed by atoms with Gasteiger partial charge in [0.2, 0.25) is 0 Å². The number of ether oxygens (including phenoxy) is 1. The predicted molar refractivity (Wildman–Crippen MR) is 72.4 cm³/mol. The van der Waals surface area contributed by atoms with E-state index in [1.54, 1.807) is 23.9 Å². The Morgan fingerprint density at radius 2 is 2.28 bits per heavy atom. The van der Waals surface area contributed by atoms with Gasteiger partial charge in [-0.25, -0.2) is 0 Å². The van der Waals surface area contributed by atoms with Gasteiger partial charge in [-0.2, -0.15) is 0 Å². The fraction of sp³-hybridized carbons (Fsp3) is 0.615. The zero-order valence-electron chi connectivity index (χ0n) is 11.4. The molecule has 1 amide bonds. The zero-order chi connectivity index (χ0) is 13.5. The topological polar surface area (TPSA) is 69.3 Å². The van der Waals surface area contributed by atoms with Gasteiger partial charge in [-0.05, 0) is 18.4 Å². The lowest BCUT2D eigenvalue weighted by Gasteiger charge is -2.08. The second kappa shape index (κ2) is 7.06. The van der Waals surface area contributed by atoms with Gasteiger partial charge < -0.3 is 20.4 Å². The highest BCUT2D eigenvalue weighted by molar-refractivity contribution is 5.93. The van der Waals surface area contributed by atoms with Crippen LogP contribution in [0.1, 0.15) is 30.8 Å². The molecular formula is C13H23N3O2. The molecule has 102 valence electrons. The molecule has 3 N–H and O–H groups in total. The highest BCUT2D eigenvalue weighted by Crippen LogP contribution is 2.08. The van der Waals surface area contributed by atoms with E-state index in [4.69, 9.17) is 10.5 Å². The predicted octanol–water partition coefficient (Wildman–Crippen LogP) is 1.40. The molecule has 1 rings (SSSR count). The SMILES string of the molecule is CC(C)COCCCNC(=O)c1cc(N)cn1C. The van der Waals surface area contributed by atoms with Crippen LogP contribution in [-0.4, -0.2) is 30.2 Å². The van der Waals surface area contributed by atoms with Crippen molar-refractivity contribution in [3.8, 4) is 0 Å². The molecule has 1 aromatic rings. The highest BCUT2D eigenvalue weighted by Gasteiger charge is 2.09. The summed E-state index contributed by atoms with van der Waals surface area (Å²) in [5.41, 5.74) is 6.80. The molecule has 0 aliphatic rings. The fourth-order valence-electron chi connectivity index (χ4n) is 1.60. The minimum absolute atomic E-state index is 0.0990. The molecule has 0 atom stereocenters. The van der Waals surface area contributed by atoms with E-state index >= 15 is 0 Å². The minimum Gasteiger partial charge on any atom is -0.397 e. The largest absolute Gasteiger partial charge is 0.397 e. The van der Waals surface area contributed by atoms with Gasteiger partial charge in [-0.15, -0.1) is 0 Å². The van der Waals surface area contributed by atoms with Gasteiger partial charge in [0.25, 0.3) is 5.91 Å². The summed E-state index contributed by atoms with van der Waals surface area (Å²) < 4.78 is 7.16. The van der Waals surface area contributed by atoms with Crippen LogP contribution in [-0.2, 0) is 11.8 Å². The Morgan fingerprint density at radius 1 is 1.56 bits per heavy atom. The quantitative estimate of drug-likeness (QED) is 0.722. The Morgan fingerprint density at radius 3 is 2.83 bits per heavy atom. The number of nitrogens with two attached hydrogens (primary N) is 1. The third-order valence-electron chi connectivity index (χ3n) is 2.46. The van der Waals surface area contributed by atoms with Gasteiger partial charge in [-0.3, -0.25) is 4.79 Å². The van der Waals surface area contributed by atoms with E-state index in [2.05, 4.69) is 19.2 Å². The smallest absolute Gasteiger partial charge is 0.267 e. The van der Waals surface area contributed by atoms with Crippen LogP contribution in [0.2, 0.25) is 0 Å². The van der Waals surface area contributed by atoms with Gasteiger partial charge in [0.05, 0.1) is 5.69 Å². The number of aromatic nitrogens is 1. The fourth-order valence-corrected chi connectivity index (χ4v) is 1.60. The number of carbonyl (C=O) groups excluding carboxylic acids is 1. The number of aryl methyl sites for hydroxylation is 1. The second-order valence-corrected chi connectivity index (χ2v) is 4.85. The summed E-state index contributed by atoms with van der Waals surface area (Å²) in [5.74, 6) is 0.448. The van der Waals surface area contributed by atoms with Crippen molar-refractivity contribution in [1.82, 2.24) is 9.88 Å². The number of hydrogen-bond acceptors (Lipinski definition) is 3. The molecule has 0 fully saturated rings. The summed E-state index contributed by atoms with van der Waals surface area (Å²) in [5, 5.41) is 2.85. The molecule has 1 heterocycles. The molecule has 0 aliphatic carbocycles. The summed E-state index contributed by atoms with van der Waals surface area (Å²) in [7, 11) is 1.80. The summed E-state index contributed by atoms with van der Waals surface area (Å²) in [6.45, 7) is 6.28. The molecule has 0 spiro atoms. The molecule has 1 aromatic heterocycles. The third-order valence-corrected chi connectivity index (χ3v) is 2.46. The normalized spacial score (nSPS) is 10.9. The molecule has 5 heteroatoms. The lowest BCUT2D eigenvalue weighted by atomic mass is 10.2. The summed E-state index contributed by atoms with van der Waals surface area (Å²) in [6.07, 6.45) is 2.54. The Balaban J connectivity index is 2.20. The second-order valence-electron chi connectivity index (χ2n) is 4.85. The molecule has 18 heavy (non-hydrogen) atoms. The third kappa shape index (κ3) is 4.79. The first kappa shape index (κ1) is 14.6. The molecule has 0 aromatic carbocycles. The Kier molecular flexibility index (Phi) is 5.71. The first-order valence-corrected chi connectivity index (χ1v) is 6.28. The maximum Gasteiger partial charge on any atom is 0.267 e. The molecule has 0 saturated heterocycles. The van der Waals surface area contributed by atoms with Crippen LogP contribution in [0.4, 0.5) is 5.69 Å². The molecule has 0 unspecified atom stereocenters.